The molecule has 3 aromatic heterocycles. The zero-order chi connectivity index (χ0) is 34.2. The van der Waals surface area contributed by atoms with Gasteiger partial charge in [0.1, 0.15) is 11.2 Å². The van der Waals surface area contributed by atoms with Gasteiger partial charge in [0.2, 0.25) is 0 Å². The second-order valence-electron chi connectivity index (χ2n) is 13.3. The standard InChI is InChI=1S/C48H30N2OS/c1-3-13-31(14-4-1)35-27-28-42(47-40-19-9-12-22-46(40)52-48(35)47)49(34-24-26-39-38-18-8-11-21-44(38)51-45(39)30-34)33-23-25-37-36-17-7-10-20-41(36)50(43(37)29-33)32-15-5-2-6-16-32/h1-30H. The van der Waals surface area contributed by atoms with Crippen molar-refractivity contribution in [1.82, 2.24) is 4.57 Å². The zero-order valence-corrected chi connectivity index (χ0v) is 28.8. The van der Waals surface area contributed by atoms with E-state index in [9.17, 15) is 0 Å². The summed E-state index contributed by atoms with van der Waals surface area (Å²) in [5, 5.41) is 7.20. The Morgan fingerprint density at radius 3 is 1.94 bits per heavy atom. The van der Waals surface area contributed by atoms with Crippen molar-refractivity contribution in [3.63, 3.8) is 0 Å². The van der Waals surface area contributed by atoms with Gasteiger partial charge in [0.05, 0.1) is 16.7 Å². The molecule has 0 fully saturated rings. The SMILES string of the molecule is c1ccc(-c2ccc(N(c3ccc4c(c3)oc3ccccc34)c3ccc4c5ccccc5n(-c5ccccc5)c4c3)c3c2sc2ccccc23)cc1. The second kappa shape index (κ2) is 11.5. The van der Waals surface area contributed by atoms with Gasteiger partial charge in [-0.2, -0.15) is 0 Å². The average molecular weight is 683 g/mol. The van der Waals surface area contributed by atoms with Crippen LogP contribution in [0.1, 0.15) is 0 Å². The Morgan fingerprint density at radius 2 is 1.10 bits per heavy atom. The molecule has 0 unspecified atom stereocenters. The molecule has 0 aliphatic heterocycles. The summed E-state index contributed by atoms with van der Waals surface area (Å²) in [5.74, 6) is 0. The van der Waals surface area contributed by atoms with Gasteiger partial charge in [-0.3, -0.25) is 0 Å². The lowest BCUT2D eigenvalue weighted by Gasteiger charge is -2.27. The predicted molar refractivity (Wildman–Crippen MR) is 221 cm³/mol. The Kier molecular flexibility index (Phi) is 6.42. The van der Waals surface area contributed by atoms with Crippen molar-refractivity contribution in [2.45, 2.75) is 0 Å². The molecule has 11 rings (SSSR count). The first-order chi connectivity index (χ1) is 25.8. The van der Waals surface area contributed by atoms with Gasteiger partial charge in [-0.1, -0.05) is 115 Å². The third-order valence-electron chi connectivity index (χ3n) is 10.4. The molecule has 8 aromatic carbocycles. The van der Waals surface area contributed by atoms with E-state index in [2.05, 4.69) is 179 Å². The average Bonchev–Trinajstić information content (AvgIpc) is 3.88. The molecule has 0 aliphatic rings. The summed E-state index contributed by atoms with van der Waals surface area (Å²) >= 11 is 1.87. The van der Waals surface area contributed by atoms with Crippen LogP contribution in [0.4, 0.5) is 17.1 Å². The number of nitrogens with zero attached hydrogens (tertiary/aromatic N) is 2. The molecule has 0 amide bonds. The van der Waals surface area contributed by atoms with E-state index in [1.807, 2.05) is 23.5 Å². The normalized spacial score (nSPS) is 11.8. The molecule has 0 radical (unpaired) electrons. The van der Waals surface area contributed by atoms with Crippen LogP contribution in [-0.4, -0.2) is 4.57 Å². The molecule has 4 heteroatoms. The predicted octanol–water partition coefficient (Wildman–Crippen LogP) is 14.2. The van der Waals surface area contributed by atoms with Crippen LogP contribution in [0.25, 0.3) is 80.7 Å². The van der Waals surface area contributed by atoms with Crippen LogP contribution in [0.15, 0.2) is 186 Å². The number of hydrogen-bond donors (Lipinski definition) is 0. The number of furan rings is 1. The lowest BCUT2D eigenvalue weighted by Crippen LogP contribution is -2.10. The molecular weight excluding hydrogens is 653 g/mol. The fourth-order valence-electron chi connectivity index (χ4n) is 8.08. The highest BCUT2D eigenvalue weighted by molar-refractivity contribution is 7.26. The first-order valence-electron chi connectivity index (χ1n) is 17.6. The van der Waals surface area contributed by atoms with Crippen LogP contribution in [0.3, 0.4) is 0 Å². The molecule has 3 heterocycles. The van der Waals surface area contributed by atoms with E-state index in [-0.39, 0.29) is 0 Å². The molecular formula is C48H30N2OS. The van der Waals surface area contributed by atoms with E-state index in [0.717, 1.165) is 50.2 Å². The topological polar surface area (TPSA) is 21.3 Å². The number of hydrogen-bond acceptors (Lipinski definition) is 3. The monoisotopic (exact) mass is 682 g/mol. The van der Waals surface area contributed by atoms with E-state index in [4.69, 9.17) is 4.42 Å². The summed E-state index contributed by atoms with van der Waals surface area (Å²) in [7, 11) is 0. The molecule has 0 spiro atoms. The molecule has 0 saturated carbocycles. The summed E-state index contributed by atoms with van der Waals surface area (Å²) in [6.07, 6.45) is 0. The minimum absolute atomic E-state index is 0.871. The van der Waals surface area contributed by atoms with Gasteiger partial charge in [-0.15, -0.1) is 11.3 Å². The maximum absolute atomic E-state index is 6.49. The number of thiophene rings is 1. The van der Waals surface area contributed by atoms with Gasteiger partial charge in [0, 0.05) is 64.8 Å². The summed E-state index contributed by atoms with van der Waals surface area (Å²) in [6, 6.07) is 65.4. The zero-order valence-electron chi connectivity index (χ0n) is 28.0. The maximum atomic E-state index is 6.49. The van der Waals surface area contributed by atoms with E-state index >= 15 is 0 Å². The van der Waals surface area contributed by atoms with Crippen molar-refractivity contribution in [2.24, 2.45) is 0 Å². The third-order valence-corrected chi connectivity index (χ3v) is 11.6. The van der Waals surface area contributed by atoms with Gasteiger partial charge in [-0.25, -0.2) is 0 Å². The molecule has 11 aromatic rings. The van der Waals surface area contributed by atoms with E-state index in [1.54, 1.807) is 0 Å². The lowest BCUT2D eigenvalue weighted by molar-refractivity contribution is 0.669. The quantitative estimate of drug-likeness (QED) is 0.180. The van der Waals surface area contributed by atoms with Crippen LogP contribution >= 0.6 is 11.3 Å². The number of fused-ring (bicyclic) bond motifs is 9. The lowest BCUT2D eigenvalue weighted by atomic mass is 10.00. The molecule has 0 bridgehead atoms. The van der Waals surface area contributed by atoms with Crippen LogP contribution in [0, 0.1) is 0 Å². The second-order valence-corrected chi connectivity index (χ2v) is 14.4. The Labute approximate surface area is 303 Å². The number of para-hydroxylation sites is 3. The van der Waals surface area contributed by atoms with Crippen molar-refractivity contribution in [3.05, 3.63) is 182 Å². The summed E-state index contributed by atoms with van der Waals surface area (Å²) < 4.78 is 11.4. The van der Waals surface area contributed by atoms with Crippen LogP contribution in [-0.2, 0) is 0 Å². The van der Waals surface area contributed by atoms with Gasteiger partial charge >= 0.3 is 0 Å². The third kappa shape index (κ3) is 4.38. The summed E-state index contributed by atoms with van der Waals surface area (Å²) in [6.45, 7) is 0. The highest BCUT2D eigenvalue weighted by Gasteiger charge is 2.23. The number of aromatic nitrogens is 1. The molecule has 0 saturated heterocycles. The fraction of sp³-hybridized carbons (Fsp3) is 0. The maximum Gasteiger partial charge on any atom is 0.137 e. The van der Waals surface area contributed by atoms with E-state index in [0.29, 0.717) is 0 Å². The van der Waals surface area contributed by atoms with Crippen molar-refractivity contribution < 1.29 is 4.42 Å². The number of anilines is 3. The highest BCUT2D eigenvalue weighted by atomic mass is 32.1. The number of benzene rings is 8. The van der Waals surface area contributed by atoms with Crippen LogP contribution in [0.2, 0.25) is 0 Å². The first kappa shape index (κ1) is 29.1. The Bertz CT molecular complexity index is 3130. The Morgan fingerprint density at radius 1 is 0.462 bits per heavy atom. The van der Waals surface area contributed by atoms with Gasteiger partial charge in [0.15, 0.2) is 0 Å². The van der Waals surface area contributed by atoms with Crippen LogP contribution in [0.5, 0.6) is 0 Å². The minimum atomic E-state index is 0.871. The van der Waals surface area contributed by atoms with Gasteiger partial charge in [0.25, 0.3) is 0 Å². The first-order valence-corrected chi connectivity index (χ1v) is 18.4. The van der Waals surface area contributed by atoms with Crippen LogP contribution < -0.4 is 4.90 Å². The van der Waals surface area contributed by atoms with E-state index in [1.165, 1.54) is 47.6 Å². The summed E-state index contributed by atoms with van der Waals surface area (Å²) in [5.41, 5.74) is 11.0. The van der Waals surface area contributed by atoms with Crippen molar-refractivity contribution in [2.75, 3.05) is 4.90 Å². The smallest absolute Gasteiger partial charge is 0.137 e. The molecule has 0 atom stereocenters. The van der Waals surface area contributed by atoms with Crippen molar-refractivity contribution in [1.29, 1.82) is 0 Å². The molecule has 52 heavy (non-hydrogen) atoms. The Balaban J connectivity index is 1.23. The fourth-order valence-corrected chi connectivity index (χ4v) is 9.34. The number of rotatable bonds is 5. The summed E-state index contributed by atoms with van der Waals surface area (Å²) in [4.78, 5) is 2.43. The molecule has 0 aliphatic carbocycles. The highest BCUT2D eigenvalue weighted by Crippen LogP contribution is 2.49. The van der Waals surface area contributed by atoms with Gasteiger partial charge in [-0.05, 0) is 71.8 Å². The Hall–Kier alpha value is -6.62. The molecule has 0 N–H and O–H groups in total. The molecule has 3 nitrogen and oxygen atoms in total. The van der Waals surface area contributed by atoms with E-state index < -0.39 is 0 Å². The minimum Gasteiger partial charge on any atom is -0.456 e. The van der Waals surface area contributed by atoms with Crippen molar-refractivity contribution in [3.8, 4) is 16.8 Å². The van der Waals surface area contributed by atoms with Gasteiger partial charge < -0.3 is 13.9 Å². The van der Waals surface area contributed by atoms with Crippen molar-refractivity contribution >= 4 is 92.3 Å². The largest absolute Gasteiger partial charge is 0.456 e. The molecule has 244 valence electrons.